The van der Waals surface area contributed by atoms with Crippen LogP contribution < -0.4 is 10.6 Å². The maximum Gasteiger partial charge on any atom is 0.225 e. The lowest BCUT2D eigenvalue weighted by Crippen LogP contribution is -2.40. The van der Waals surface area contributed by atoms with Crippen LogP contribution in [0.4, 0.5) is 11.6 Å². The van der Waals surface area contributed by atoms with Gasteiger partial charge in [0.05, 0.1) is 15.6 Å². The number of hydrogen-bond acceptors (Lipinski definition) is 7. The zero-order valence-corrected chi connectivity index (χ0v) is 21.6. The first kappa shape index (κ1) is 24.4. The summed E-state index contributed by atoms with van der Waals surface area (Å²) in [6.07, 6.45) is 8.27. The standard InChI is InChI=1S/C27H32N6O2S/c1-17-10-12-28-25(14-17)32-24-5-3-4-22(31-24)23-15-29-26(36-23)19-6-8-20(9-7-19)27(35)33-13-11-21(16-33)30-18(2)34/h3-5,10,12,14-15,19-21H,6-9,11,13,16H2,1-2H3,(H,30,34)(H,28,31,32). The van der Waals surface area contributed by atoms with Crippen LogP contribution in [-0.2, 0) is 9.59 Å². The zero-order valence-electron chi connectivity index (χ0n) is 20.7. The molecule has 2 fully saturated rings. The molecule has 1 saturated heterocycles. The van der Waals surface area contributed by atoms with Crippen molar-refractivity contribution in [1.29, 1.82) is 0 Å². The Morgan fingerprint density at radius 3 is 2.67 bits per heavy atom. The predicted octanol–water partition coefficient (Wildman–Crippen LogP) is 4.66. The summed E-state index contributed by atoms with van der Waals surface area (Å²) in [5.41, 5.74) is 2.03. The molecule has 1 saturated carbocycles. The number of thiazole rings is 1. The molecule has 5 rings (SSSR count). The van der Waals surface area contributed by atoms with Crippen LogP contribution in [0.3, 0.4) is 0 Å². The summed E-state index contributed by atoms with van der Waals surface area (Å²) in [5, 5.41) is 7.35. The largest absolute Gasteiger partial charge is 0.352 e. The molecule has 2 amide bonds. The molecule has 3 aromatic heterocycles. The quantitative estimate of drug-likeness (QED) is 0.506. The van der Waals surface area contributed by atoms with E-state index in [4.69, 9.17) is 9.97 Å². The Hall–Kier alpha value is -3.33. The van der Waals surface area contributed by atoms with Gasteiger partial charge in [0.2, 0.25) is 11.8 Å². The van der Waals surface area contributed by atoms with Gasteiger partial charge in [0, 0.05) is 50.3 Å². The summed E-state index contributed by atoms with van der Waals surface area (Å²) < 4.78 is 0. The van der Waals surface area contributed by atoms with E-state index >= 15 is 0 Å². The second kappa shape index (κ2) is 10.7. The van der Waals surface area contributed by atoms with Crippen molar-refractivity contribution < 1.29 is 9.59 Å². The normalized spacial score (nSPS) is 21.8. The Labute approximate surface area is 215 Å². The van der Waals surface area contributed by atoms with Crippen molar-refractivity contribution in [3.63, 3.8) is 0 Å². The van der Waals surface area contributed by atoms with Gasteiger partial charge in [-0.25, -0.2) is 15.0 Å². The Morgan fingerprint density at radius 2 is 1.89 bits per heavy atom. The smallest absolute Gasteiger partial charge is 0.225 e. The van der Waals surface area contributed by atoms with E-state index < -0.39 is 0 Å². The first-order valence-electron chi connectivity index (χ1n) is 12.6. The number of amides is 2. The number of aryl methyl sites for hydroxylation is 1. The van der Waals surface area contributed by atoms with Gasteiger partial charge >= 0.3 is 0 Å². The van der Waals surface area contributed by atoms with Crippen LogP contribution in [0.15, 0.2) is 42.7 Å². The van der Waals surface area contributed by atoms with Crippen molar-refractivity contribution in [3.05, 3.63) is 53.3 Å². The molecule has 2 aliphatic rings. The molecule has 0 aromatic carbocycles. The van der Waals surface area contributed by atoms with Crippen LogP contribution in [0.25, 0.3) is 10.6 Å². The number of carbonyl (C=O) groups is 2. The molecule has 0 bridgehead atoms. The molecule has 1 aliphatic heterocycles. The van der Waals surface area contributed by atoms with Crippen LogP contribution >= 0.6 is 11.3 Å². The summed E-state index contributed by atoms with van der Waals surface area (Å²) in [6, 6.07) is 9.98. The molecule has 8 nitrogen and oxygen atoms in total. The minimum atomic E-state index is -0.0286. The lowest BCUT2D eigenvalue weighted by Gasteiger charge is -2.29. The fourth-order valence-corrected chi connectivity index (χ4v) is 6.24. The van der Waals surface area contributed by atoms with E-state index in [1.807, 2.05) is 48.4 Å². The predicted molar refractivity (Wildman–Crippen MR) is 141 cm³/mol. The number of hydrogen-bond donors (Lipinski definition) is 2. The molecule has 9 heteroatoms. The van der Waals surface area contributed by atoms with Gasteiger partial charge in [-0.3, -0.25) is 9.59 Å². The Kier molecular flexibility index (Phi) is 7.27. The zero-order chi connectivity index (χ0) is 25.1. The highest BCUT2D eigenvalue weighted by Crippen LogP contribution is 2.40. The molecule has 2 N–H and O–H groups in total. The molecule has 4 heterocycles. The van der Waals surface area contributed by atoms with Gasteiger partial charge in [-0.05, 0) is 68.9 Å². The Balaban J connectivity index is 1.17. The third kappa shape index (κ3) is 5.73. The number of aromatic nitrogens is 3. The first-order valence-corrected chi connectivity index (χ1v) is 13.4. The lowest BCUT2D eigenvalue weighted by atomic mass is 9.81. The number of carbonyl (C=O) groups excluding carboxylic acids is 2. The van der Waals surface area contributed by atoms with Crippen molar-refractivity contribution in [2.45, 2.75) is 57.9 Å². The van der Waals surface area contributed by atoms with E-state index in [1.54, 1.807) is 17.5 Å². The van der Waals surface area contributed by atoms with Gasteiger partial charge in [-0.1, -0.05) is 6.07 Å². The highest BCUT2D eigenvalue weighted by atomic mass is 32.1. The van der Waals surface area contributed by atoms with Gasteiger partial charge in [0.1, 0.15) is 11.6 Å². The van der Waals surface area contributed by atoms with Crippen molar-refractivity contribution in [1.82, 2.24) is 25.2 Å². The summed E-state index contributed by atoms with van der Waals surface area (Å²) in [5.74, 6) is 2.21. The number of pyridine rings is 2. The van der Waals surface area contributed by atoms with Crippen LogP contribution in [0.1, 0.15) is 55.5 Å². The van der Waals surface area contributed by atoms with Crippen LogP contribution in [-0.4, -0.2) is 50.8 Å². The van der Waals surface area contributed by atoms with Gasteiger partial charge in [0.25, 0.3) is 0 Å². The van der Waals surface area contributed by atoms with Crippen LogP contribution in [0.5, 0.6) is 0 Å². The summed E-state index contributed by atoms with van der Waals surface area (Å²) in [7, 11) is 0. The molecular formula is C27H32N6O2S. The second-order valence-electron chi connectivity index (χ2n) is 9.83. The van der Waals surface area contributed by atoms with E-state index in [9.17, 15) is 9.59 Å². The third-order valence-corrected chi connectivity index (χ3v) is 8.21. The maximum absolute atomic E-state index is 13.0. The maximum atomic E-state index is 13.0. The lowest BCUT2D eigenvalue weighted by molar-refractivity contribution is -0.135. The number of likely N-dealkylation sites (tertiary alicyclic amines) is 1. The van der Waals surface area contributed by atoms with Gasteiger partial charge < -0.3 is 15.5 Å². The minimum absolute atomic E-state index is 0.0286. The van der Waals surface area contributed by atoms with Gasteiger partial charge in [0.15, 0.2) is 0 Å². The monoisotopic (exact) mass is 504 g/mol. The average molecular weight is 505 g/mol. The minimum Gasteiger partial charge on any atom is -0.352 e. The average Bonchev–Trinajstić information content (AvgIpc) is 3.54. The number of rotatable bonds is 6. The molecular weight excluding hydrogens is 472 g/mol. The van der Waals surface area contributed by atoms with Gasteiger partial charge in [-0.15, -0.1) is 11.3 Å². The van der Waals surface area contributed by atoms with Crippen molar-refractivity contribution in [3.8, 4) is 10.6 Å². The van der Waals surface area contributed by atoms with E-state index in [1.165, 1.54) is 6.92 Å². The first-order chi connectivity index (χ1) is 17.4. The van der Waals surface area contributed by atoms with Crippen molar-refractivity contribution in [2.75, 3.05) is 18.4 Å². The molecule has 36 heavy (non-hydrogen) atoms. The summed E-state index contributed by atoms with van der Waals surface area (Å²) in [4.78, 5) is 41.2. The fourth-order valence-electron chi connectivity index (χ4n) is 5.18. The number of nitrogens with zero attached hydrogens (tertiary/aromatic N) is 4. The van der Waals surface area contributed by atoms with Crippen molar-refractivity contribution >= 4 is 34.8 Å². The SMILES string of the molecule is CC(=O)NC1CCN(C(=O)C2CCC(c3ncc(-c4cccc(Nc5cc(C)ccn5)n4)s3)CC2)C1. The fraction of sp³-hybridized carbons (Fsp3) is 0.444. The van der Waals surface area contributed by atoms with Crippen molar-refractivity contribution in [2.24, 2.45) is 5.92 Å². The number of anilines is 2. The highest BCUT2D eigenvalue weighted by molar-refractivity contribution is 7.15. The third-order valence-electron chi connectivity index (χ3n) is 7.03. The second-order valence-corrected chi connectivity index (χ2v) is 10.9. The summed E-state index contributed by atoms with van der Waals surface area (Å²) in [6.45, 7) is 4.94. The molecule has 1 atom stereocenters. The molecule has 0 spiro atoms. The molecule has 1 aliphatic carbocycles. The molecule has 188 valence electrons. The molecule has 1 unspecified atom stereocenters. The number of nitrogens with one attached hydrogen (secondary N) is 2. The summed E-state index contributed by atoms with van der Waals surface area (Å²) >= 11 is 1.70. The van der Waals surface area contributed by atoms with E-state index in [-0.39, 0.29) is 23.8 Å². The Morgan fingerprint density at radius 1 is 1.06 bits per heavy atom. The topological polar surface area (TPSA) is 100 Å². The van der Waals surface area contributed by atoms with E-state index in [0.29, 0.717) is 12.5 Å². The van der Waals surface area contributed by atoms with Crippen LogP contribution in [0, 0.1) is 12.8 Å². The highest BCUT2D eigenvalue weighted by Gasteiger charge is 2.34. The Bertz CT molecular complexity index is 1240. The van der Waals surface area contributed by atoms with Crippen LogP contribution in [0.2, 0.25) is 0 Å². The van der Waals surface area contributed by atoms with E-state index in [0.717, 1.165) is 71.4 Å². The van der Waals surface area contributed by atoms with E-state index in [2.05, 4.69) is 15.6 Å². The van der Waals surface area contributed by atoms with Gasteiger partial charge in [-0.2, -0.15) is 0 Å². The molecule has 3 aromatic rings. The molecule has 0 radical (unpaired) electrons.